The fourth-order valence-corrected chi connectivity index (χ4v) is 3.74. The van der Waals surface area contributed by atoms with Crippen LogP contribution in [0.1, 0.15) is 23.2 Å². The van der Waals surface area contributed by atoms with Crippen LogP contribution in [-0.4, -0.2) is 41.5 Å². The Labute approximate surface area is 118 Å². The van der Waals surface area contributed by atoms with Crippen LogP contribution in [0.15, 0.2) is 30.5 Å². The van der Waals surface area contributed by atoms with E-state index in [4.69, 9.17) is 0 Å². The summed E-state index contributed by atoms with van der Waals surface area (Å²) in [5.74, 6) is 0.812. The zero-order chi connectivity index (χ0) is 13.5. The molecule has 104 valence electrons. The third-order valence-electron chi connectivity index (χ3n) is 4.76. The highest BCUT2D eigenvalue weighted by atomic mass is 16.2. The van der Waals surface area contributed by atoms with E-state index in [1.54, 1.807) is 0 Å². The fourth-order valence-electron chi connectivity index (χ4n) is 3.74. The molecule has 2 aliphatic heterocycles. The van der Waals surface area contributed by atoms with Gasteiger partial charge in [0.15, 0.2) is 0 Å². The fraction of sp³-hybridized carbons (Fsp3) is 0.438. The summed E-state index contributed by atoms with van der Waals surface area (Å²) in [4.78, 5) is 18.2. The van der Waals surface area contributed by atoms with Gasteiger partial charge in [0, 0.05) is 37.3 Å². The number of aromatic amines is 1. The molecule has 1 aromatic carbocycles. The summed E-state index contributed by atoms with van der Waals surface area (Å²) in [5, 5.41) is 4.54. The van der Waals surface area contributed by atoms with Crippen LogP contribution in [0.5, 0.6) is 0 Å². The highest BCUT2D eigenvalue weighted by molar-refractivity contribution is 6.05. The summed E-state index contributed by atoms with van der Waals surface area (Å²) in [7, 11) is 0. The third kappa shape index (κ3) is 1.75. The van der Waals surface area contributed by atoms with Crippen molar-refractivity contribution in [1.82, 2.24) is 15.2 Å². The molecule has 4 nitrogen and oxygen atoms in total. The lowest BCUT2D eigenvalue weighted by Gasteiger charge is -2.37. The molecule has 2 unspecified atom stereocenters. The van der Waals surface area contributed by atoms with Crippen molar-refractivity contribution in [2.24, 2.45) is 5.92 Å². The molecule has 1 aromatic heterocycles. The van der Waals surface area contributed by atoms with E-state index >= 15 is 0 Å². The molecule has 1 amide bonds. The number of likely N-dealkylation sites (tertiary alicyclic amines) is 1. The normalized spacial score (nSPS) is 25.9. The predicted molar refractivity (Wildman–Crippen MR) is 78.7 cm³/mol. The molecule has 2 aliphatic rings. The van der Waals surface area contributed by atoms with Crippen LogP contribution >= 0.6 is 0 Å². The van der Waals surface area contributed by atoms with Gasteiger partial charge in [0.2, 0.25) is 0 Å². The van der Waals surface area contributed by atoms with E-state index in [9.17, 15) is 4.79 Å². The first-order valence-electron chi connectivity index (χ1n) is 7.42. The Kier molecular flexibility index (Phi) is 2.77. The lowest BCUT2D eigenvalue weighted by atomic mass is 9.91. The Hall–Kier alpha value is -1.81. The van der Waals surface area contributed by atoms with Crippen LogP contribution in [0.4, 0.5) is 0 Å². The SMILES string of the molecule is O=C(c1cccc2cc[nH]c12)N1CCCC2CNCC21. The van der Waals surface area contributed by atoms with Gasteiger partial charge in [-0.15, -0.1) is 0 Å². The summed E-state index contributed by atoms with van der Waals surface area (Å²) in [6.07, 6.45) is 4.26. The number of nitrogens with one attached hydrogen (secondary N) is 2. The van der Waals surface area contributed by atoms with Crippen molar-refractivity contribution >= 4 is 16.8 Å². The largest absolute Gasteiger partial charge is 0.361 e. The molecule has 4 heteroatoms. The van der Waals surface area contributed by atoms with Gasteiger partial charge in [-0.3, -0.25) is 4.79 Å². The maximum absolute atomic E-state index is 12.9. The summed E-state index contributed by atoms with van der Waals surface area (Å²) in [6, 6.07) is 8.34. The van der Waals surface area contributed by atoms with Crippen molar-refractivity contribution in [3.05, 3.63) is 36.0 Å². The molecule has 2 fully saturated rings. The quantitative estimate of drug-likeness (QED) is 0.832. The highest BCUT2D eigenvalue weighted by Crippen LogP contribution is 2.29. The maximum atomic E-state index is 12.9. The molecule has 0 saturated carbocycles. The number of hydrogen-bond acceptors (Lipinski definition) is 2. The topological polar surface area (TPSA) is 48.1 Å². The summed E-state index contributed by atoms with van der Waals surface area (Å²) in [6.45, 7) is 2.89. The molecular formula is C16H19N3O. The minimum atomic E-state index is 0.177. The lowest BCUT2D eigenvalue weighted by molar-refractivity contribution is 0.0576. The van der Waals surface area contributed by atoms with Crippen molar-refractivity contribution in [3.63, 3.8) is 0 Å². The standard InChI is InChI=1S/C16H19N3O/c20-16(13-5-1-3-11-6-7-18-15(11)13)19-8-2-4-12-9-17-10-14(12)19/h1,3,5-7,12,14,17-18H,2,4,8-10H2. The number of piperidine rings is 1. The minimum absolute atomic E-state index is 0.177. The first-order valence-corrected chi connectivity index (χ1v) is 7.42. The number of amides is 1. The van der Waals surface area contributed by atoms with Crippen LogP contribution in [0.25, 0.3) is 10.9 Å². The van der Waals surface area contributed by atoms with E-state index in [0.29, 0.717) is 12.0 Å². The van der Waals surface area contributed by atoms with Crippen LogP contribution in [0.3, 0.4) is 0 Å². The van der Waals surface area contributed by atoms with Gasteiger partial charge in [0.25, 0.3) is 5.91 Å². The summed E-state index contributed by atoms with van der Waals surface area (Å²) >= 11 is 0. The zero-order valence-electron chi connectivity index (χ0n) is 11.4. The van der Waals surface area contributed by atoms with Crippen LogP contribution < -0.4 is 5.32 Å². The average molecular weight is 269 g/mol. The lowest BCUT2D eigenvalue weighted by Crippen LogP contribution is -2.48. The number of para-hydroxylation sites is 1. The van der Waals surface area contributed by atoms with Crippen LogP contribution in [0, 0.1) is 5.92 Å². The number of H-pyrrole nitrogens is 1. The number of nitrogens with zero attached hydrogens (tertiary/aromatic N) is 1. The van der Waals surface area contributed by atoms with E-state index in [-0.39, 0.29) is 5.91 Å². The first-order chi connectivity index (χ1) is 9.84. The Balaban J connectivity index is 1.71. The number of benzene rings is 1. The third-order valence-corrected chi connectivity index (χ3v) is 4.76. The second-order valence-corrected chi connectivity index (χ2v) is 5.87. The van der Waals surface area contributed by atoms with E-state index in [1.807, 2.05) is 30.5 Å². The molecule has 0 aliphatic carbocycles. The van der Waals surface area contributed by atoms with Gasteiger partial charge >= 0.3 is 0 Å². The van der Waals surface area contributed by atoms with E-state index in [1.165, 1.54) is 6.42 Å². The smallest absolute Gasteiger partial charge is 0.256 e. The van der Waals surface area contributed by atoms with Gasteiger partial charge in [-0.2, -0.15) is 0 Å². The number of aromatic nitrogens is 1. The summed E-state index contributed by atoms with van der Waals surface area (Å²) < 4.78 is 0. The maximum Gasteiger partial charge on any atom is 0.256 e. The van der Waals surface area contributed by atoms with Gasteiger partial charge in [0.05, 0.1) is 11.1 Å². The van der Waals surface area contributed by atoms with Crippen molar-refractivity contribution in [2.75, 3.05) is 19.6 Å². The molecule has 2 N–H and O–H groups in total. The minimum Gasteiger partial charge on any atom is -0.361 e. The Morgan fingerprint density at radius 1 is 1.25 bits per heavy atom. The van der Waals surface area contributed by atoms with Gasteiger partial charge in [0.1, 0.15) is 0 Å². The molecular weight excluding hydrogens is 250 g/mol. The average Bonchev–Trinajstić information content (AvgIpc) is 3.13. The Morgan fingerprint density at radius 3 is 3.15 bits per heavy atom. The van der Waals surface area contributed by atoms with E-state index in [0.717, 1.165) is 42.5 Å². The molecule has 2 aromatic rings. The molecule has 2 saturated heterocycles. The van der Waals surface area contributed by atoms with Gasteiger partial charge in [-0.05, 0) is 30.9 Å². The molecule has 0 spiro atoms. The number of fused-ring (bicyclic) bond motifs is 2. The second kappa shape index (κ2) is 4.63. The first kappa shape index (κ1) is 12.0. The number of hydrogen-bond donors (Lipinski definition) is 2. The predicted octanol–water partition coefficient (Wildman–Crippen LogP) is 1.99. The van der Waals surface area contributed by atoms with Gasteiger partial charge in [-0.25, -0.2) is 0 Å². The second-order valence-electron chi connectivity index (χ2n) is 5.87. The van der Waals surface area contributed by atoms with Crippen molar-refractivity contribution in [2.45, 2.75) is 18.9 Å². The number of rotatable bonds is 1. The molecule has 0 radical (unpaired) electrons. The van der Waals surface area contributed by atoms with Crippen LogP contribution in [-0.2, 0) is 0 Å². The van der Waals surface area contributed by atoms with Gasteiger partial charge < -0.3 is 15.2 Å². The van der Waals surface area contributed by atoms with Crippen molar-refractivity contribution < 1.29 is 4.79 Å². The zero-order valence-corrected chi connectivity index (χ0v) is 11.4. The van der Waals surface area contributed by atoms with E-state index < -0.39 is 0 Å². The highest BCUT2D eigenvalue weighted by Gasteiger charge is 2.37. The van der Waals surface area contributed by atoms with Gasteiger partial charge in [-0.1, -0.05) is 12.1 Å². The molecule has 4 rings (SSSR count). The molecule has 0 bridgehead atoms. The molecule has 3 heterocycles. The van der Waals surface area contributed by atoms with Crippen molar-refractivity contribution in [1.29, 1.82) is 0 Å². The Bertz CT molecular complexity index is 648. The van der Waals surface area contributed by atoms with Crippen molar-refractivity contribution in [3.8, 4) is 0 Å². The summed E-state index contributed by atoms with van der Waals surface area (Å²) in [5.41, 5.74) is 1.77. The monoisotopic (exact) mass is 269 g/mol. The number of carbonyl (C=O) groups excluding carboxylic acids is 1. The number of carbonyl (C=O) groups is 1. The van der Waals surface area contributed by atoms with E-state index in [2.05, 4.69) is 15.2 Å². The van der Waals surface area contributed by atoms with Crippen LogP contribution in [0.2, 0.25) is 0 Å². The Morgan fingerprint density at radius 2 is 2.20 bits per heavy atom. The molecule has 2 atom stereocenters. The molecule has 20 heavy (non-hydrogen) atoms.